The molecular formula is C26H22N8. The first-order valence-corrected chi connectivity index (χ1v) is 11.2. The number of rotatable bonds is 6. The summed E-state index contributed by atoms with van der Waals surface area (Å²) in [4.78, 5) is 21.5. The van der Waals surface area contributed by atoms with Crippen LogP contribution in [0.1, 0.15) is 12.5 Å². The molecule has 6 rings (SSSR count). The molecule has 0 fully saturated rings. The van der Waals surface area contributed by atoms with Gasteiger partial charge in [-0.1, -0.05) is 13.0 Å². The third kappa shape index (κ3) is 3.60. The quantitative estimate of drug-likeness (QED) is 0.341. The van der Waals surface area contributed by atoms with Crippen molar-refractivity contribution >= 4 is 21.9 Å². The Kier molecular flexibility index (Phi) is 5.04. The van der Waals surface area contributed by atoms with E-state index in [1.165, 1.54) is 0 Å². The van der Waals surface area contributed by atoms with Crippen LogP contribution in [0.15, 0.2) is 73.4 Å². The van der Waals surface area contributed by atoms with Crippen LogP contribution in [-0.2, 0) is 6.54 Å². The molecule has 0 bridgehead atoms. The molecule has 8 heteroatoms. The molecule has 6 aromatic rings. The molecule has 6 heterocycles. The van der Waals surface area contributed by atoms with Crippen LogP contribution in [0.3, 0.4) is 0 Å². The molecular weight excluding hydrogens is 424 g/mol. The highest BCUT2D eigenvalue weighted by Crippen LogP contribution is 2.33. The summed E-state index contributed by atoms with van der Waals surface area (Å²) in [5.41, 5.74) is 8.24. The molecule has 0 aliphatic carbocycles. The largest absolute Gasteiger partial charge is 0.338 e. The molecule has 0 aromatic carbocycles. The number of nitrogens with zero attached hydrogens (tertiary/aromatic N) is 5. The summed E-state index contributed by atoms with van der Waals surface area (Å²) in [6, 6.07) is 14.1. The van der Waals surface area contributed by atoms with Crippen molar-refractivity contribution in [3.8, 4) is 33.9 Å². The van der Waals surface area contributed by atoms with Gasteiger partial charge in [-0.15, -0.1) is 0 Å². The Bertz CT molecular complexity index is 1600. The minimum Gasteiger partial charge on any atom is -0.338 e. The van der Waals surface area contributed by atoms with Gasteiger partial charge in [-0.2, -0.15) is 5.10 Å². The topological polar surface area (TPSA) is 108 Å². The Morgan fingerprint density at radius 1 is 0.882 bits per heavy atom. The Labute approximate surface area is 195 Å². The molecule has 166 valence electrons. The van der Waals surface area contributed by atoms with Gasteiger partial charge < -0.3 is 10.3 Å². The number of fused-ring (bicyclic) bond motifs is 2. The van der Waals surface area contributed by atoms with Crippen LogP contribution in [0, 0.1) is 0 Å². The Balaban J connectivity index is 1.44. The first-order chi connectivity index (χ1) is 16.8. The average Bonchev–Trinajstić information content (AvgIpc) is 3.51. The van der Waals surface area contributed by atoms with E-state index in [0.717, 1.165) is 74.5 Å². The van der Waals surface area contributed by atoms with Gasteiger partial charge in [0.1, 0.15) is 11.3 Å². The fourth-order valence-corrected chi connectivity index (χ4v) is 4.17. The van der Waals surface area contributed by atoms with E-state index in [4.69, 9.17) is 0 Å². The second kappa shape index (κ2) is 8.49. The van der Waals surface area contributed by atoms with E-state index in [0.29, 0.717) is 0 Å². The van der Waals surface area contributed by atoms with Gasteiger partial charge in [-0.3, -0.25) is 20.1 Å². The van der Waals surface area contributed by atoms with E-state index in [9.17, 15) is 0 Å². The van der Waals surface area contributed by atoms with Crippen molar-refractivity contribution in [1.29, 1.82) is 0 Å². The van der Waals surface area contributed by atoms with Crippen LogP contribution < -0.4 is 5.32 Å². The monoisotopic (exact) mass is 446 g/mol. The minimum atomic E-state index is 0.775. The number of pyridine rings is 4. The lowest BCUT2D eigenvalue weighted by Gasteiger charge is -2.05. The molecule has 0 amide bonds. The summed E-state index contributed by atoms with van der Waals surface area (Å²) in [6.45, 7) is 3.78. The van der Waals surface area contributed by atoms with Crippen molar-refractivity contribution < 1.29 is 0 Å². The molecule has 8 nitrogen and oxygen atoms in total. The molecule has 0 atom stereocenters. The average molecular weight is 447 g/mol. The van der Waals surface area contributed by atoms with E-state index >= 15 is 0 Å². The first-order valence-electron chi connectivity index (χ1n) is 11.2. The highest BCUT2D eigenvalue weighted by molar-refractivity contribution is 5.99. The van der Waals surface area contributed by atoms with Gasteiger partial charge in [0, 0.05) is 53.2 Å². The van der Waals surface area contributed by atoms with E-state index in [2.05, 4.69) is 65.6 Å². The normalized spacial score (nSPS) is 11.4. The molecule has 0 unspecified atom stereocenters. The third-order valence-electron chi connectivity index (χ3n) is 5.84. The van der Waals surface area contributed by atoms with Crippen LogP contribution in [0.25, 0.3) is 55.8 Å². The van der Waals surface area contributed by atoms with Crippen molar-refractivity contribution in [3.05, 3.63) is 79.0 Å². The van der Waals surface area contributed by atoms with Crippen LogP contribution in [-0.4, -0.2) is 41.7 Å². The second-order valence-electron chi connectivity index (χ2n) is 8.07. The van der Waals surface area contributed by atoms with Crippen LogP contribution in [0.2, 0.25) is 0 Å². The zero-order chi connectivity index (χ0) is 22.9. The van der Waals surface area contributed by atoms with Crippen molar-refractivity contribution in [2.24, 2.45) is 0 Å². The lowest BCUT2D eigenvalue weighted by molar-refractivity contribution is 0.724. The summed E-state index contributed by atoms with van der Waals surface area (Å²) >= 11 is 0. The molecule has 3 N–H and O–H groups in total. The highest BCUT2D eigenvalue weighted by Gasteiger charge is 2.15. The van der Waals surface area contributed by atoms with Gasteiger partial charge in [-0.25, -0.2) is 4.98 Å². The summed E-state index contributed by atoms with van der Waals surface area (Å²) in [7, 11) is 0. The zero-order valence-electron chi connectivity index (χ0n) is 18.6. The van der Waals surface area contributed by atoms with Gasteiger partial charge >= 0.3 is 0 Å². The zero-order valence-corrected chi connectivity index (χ0v) is 18.6. The highest BCUT2D eigenvalue weighted by atomic mass is 15.1. The minimum absolute atomic E-state index is 0.775. The second-order valence-corrected chi connectivity index (χ2v) is 8.07. The van der Waals surface area contributed by atoms with E-state index in [1.54, 1.807) is 12.4 Å². The predicted molar refractivity (Wildman–Crippen MR) is 133 cm³/mol. The maximum Gasteiger partial charge on any atom is 0.138 e. The summed E-state index contributed by atoms with van der Waals surface area (Å²) in [5.74, 6) is 0. The van der Waals surface area contributed by atoms with Gasteiger partial charge in [-0.05, 0) is 48.5 Å². The van der Waals surface area contributed by atoms with Gasteiger partial charge in [0.25, 0.3) is 0 Å². The number of hydrogen-bond donors (Lipinski definition) is 3. The van der Waals surface area contributed by atoms with Crippen LogP contribution in [0.4, 0.5) is 0 Å². The van der Waals surface area contributed by atoms with Crippen LogP contribution >= 0.6 is 0 Å². The maximum absolute atomic E-state index is 4.64. The van der Waals surface area contributed by atoms with Gasteiger partial charge in [0.05, 0.1) is 28.8 Å². The lowest BCUT2D eigenvalue weighted by atomic mass is 10.1. The van der Waals surface area contributed by atoms with Crippen molar-refractivity contribution in [2.45, 2.75) is 13.5 Å². The van der Waals surface area contributed by atoms with E-state index in [1.807, 2.05) is 42.9 Å². The number of hydrogen-bond acceptors (Lipinski definition) is 6. The fraction of sp³-hybridized carbons (Fsp3) is 0.115. The number of nitrogens with one attached hydrogen (secondary N) is 3. The first kappa shape index (κ1) is 20.2. The number of H-pyrrole nitrogens is 2. The van der Waals surface area contributed by atoms with Crippen molar-refractivity contribution in [3.63, 3.8) is 0 Å². The molecule has 0 saturated carbocycles. The van der Waals surface area contributed by atoms with Crippen molar-refractivity contribution in [1.82, 2.24) is 40.4 Å². The standard InChI is InChI=1S/C26H22N8/c1-2-27-12-16-9-17(14-28-13-16)22-11-20-24(15-31-22)33-34-25(20)23-10-19-18(6-8-30-26(19)32-23)21-5-3-4-7-29-21/h3-11,13-15,27H,2,12H2,1H3,(H,30,32)(H,33,34). The summed E-state index contributed by atoms with van der Waals surface area (Å²) in [5, 5.41) is 13.0. The van der Waals surface area contributed by atoms with E-state index in [-0.39, 0.29) is 0 Å². The molecule has 0 aliphatic heterocycles. The molecule has 0 radical (unpaired) electrons. The Hall–Kier alpha value is -4.43. The number of aromatic nitrogens is 7. The van der Waals surface area contributed by atoms with Gasteiger partial charge in [0.2, 0.25) is 0 Å². The maximum atomic E-state index is 4.64. The Morgan fingerprint density at radius 3 is 2.74 bits per heavy atom. The lowest BCUT2D eigenvalue weighted by Crippen LogP contribution is -2.11. The SMILES string of the molecule is CCNCc1cncc(-c2cc3c(-c4cc5c(-c6ccccn6)ccnc5[nH]4)n[nH]c3cn2)c1. The van der Waals surface area contributed by atoms with E-state index < -0.39 is 0 Å². The third-order valence-corrected chi connectivity index (χ3v) is 5.84. The molecule has 0 saturated heterocycles. The molecule has 0 aliphatic rings. The summed E-state index contributed by atoms with van der Waals surface area (Å²) < 4.78 is 0. The Morgan fingerprint density at radius 2 is 1.85 bits per heavy atom. The van der Waals surface area contributed by atoms with Crippen molar-refractivity contribution in [2.75, 3.05) is 6.54 Å². The smallest absolute Gasteiger partial charge is 0.138 e. The molecule has 34 heavy (non-hydrogen) atoms. The molecule has 0 spiro atoms. The number of aromatic amines is 2. The molecule has 6 aromatic heterocycles. The predicted octanol–water partition coefficient (Wildman–Crippen LogP) is 4.73. The summed E-state index contributed by atoms with van der Waals surface area (Å²) in [6.07, 6.45) is 9.14. The van der Waals surface area contributed by atoms with Gasteiger partial charge in [0.15, 0.2) is 0 Å². The van der Waals surface area contributed by atoms with Crippen LogP contribution in [0.5, 0.6) is 0 Å². The fourth-order valence-electron chi connectivity index (χ4n) is 4.17.